The molecule has 0 atom stereocenters. The average Bonchev–Trinajstić information content (AvgIpc) is 2.53. The Balaban J connectivity index is 2.47. The number of fused-ring (bicyclic) bond motifs is 1. The number of hydrogen-bond donors (Lipinski definition) is 3. The molecule has 1 aliphatic heterocycles. The van der Waals surface area contributed by atoms with Crippen molar-refractivity contribution in [2.24, 2.45) is 11.5 Å². The fourth-order valence-corrected chi connectivity index (χ4v) is 2.89. The molecular formula is C9H11N3O3S. The highest BCUT2D eigenvalue weighted by atomic mass is 32.1. The molecule has 1 aliphatic rings. The van der Waals surface area contributed by atoms with Crippen LogP contribution in [0, 0.1) is 0 Å². The van der Waals surface area contributed by atoms with Crippen molar-refractivity contribution in [1.82, 2.24) is 0 Å². The molecule has 2 rings (SSSR count). The summed E-state index contributed by atoms with van der Waals surface area (Å²) in [6.45, 7) is 1.00. The maximum absolute atomic E-state index is 11.3. The summed E-state index contributed by atoms with van der Waals surface area (Å²) in [5.74, 6) is -0.553. The summed E-state index contributed by atoms with van der Waals surface area (Å²) in [5.41, 5.74) is 11.5. The van der Waals surface area contributed by atoms with Crippen LogP contribution in [0.3, 0.4) is 0 Å². The molecule has 1 aromatic rings. The van der Waals surface area contributed by atoms with E-state index in [2.05, 4.69) is 5.32 Å². The second kappa shape index (κ2) is 4.11. The summed E-state index contributed by atoms with van der Waals surface area (Å²) >= 11 is 1.28. The van der Waals surface area contributed by atoms with Gasteiger partial charge in [-0.3, -0.25) is 10.1 Å². The molecule has 3 amide bonds. The summed E-state index contributed by atoms with van der Waals surface area (Å²) in [6.07, 6.45) is 0.630. The van der Waals surface area contributed by atoms with E-state index in [0.717, 1.165) is 10.4 Å². The molecule has 0 unspecified atom stereocenters. The Kier molecular flexibility index (Phi) is 2.80. The Hall–Kier alpha value is -1.60. The van der Waals surface area contributed by atoms with Gasteiger partial charge in [0.15, 0.2) is 0 Å². The second-order valence-corrected chi connectivity index (χ2v) is 4.47. The van der Waals surface area contributed by atoms with E-state index in [9.17, 15) is 9.59 Å². The fraction of sp³-hybridized carbons (Fsp3) is 0.333. The number of ether oxygens (including phenoxy) is 1. The third kappa shape index (κ3) is 1.86. The van der Waals surface area contributed by atoms with Crippen LogP contribution in [0.5, 0.6) is 0 Å². The van der Waals surface area contributed by atoms with E-state index >= 15 is 0 Å². The van der Waals surface area contributed by atoms with Gasteiger partial charge in [-0.15, -0.1) is 11.3 Å². The quantitative estimate of drug-likeness (QED) is 0.697. The third-order valence-electron chi connectivity index (χ3n) is 2.30. The van der Waals surface area contributed by atoms with Crippen molar-refractivity contribution < 1.29 is 14.3 Å². The van der Waals surface area contributed by atoms with Gasteiger partial charge >= 0.3 is 6.03 Å². The highest BCUT2D eigenvalue weighted by molar-refractivity contribution is 7.17. The van der Waals surface area contributed by atoms with E-state index in [1.54, 1.807) is 0 Å². The number of anilines is 1. The number of rotatable bonds is 2. The third-order valence-corrected chi connectivity index (χ3v) is 3.42. The lowest BCUT2D eigenvalue weighted by molar-refractivity contribution is 0.0991. The van der Waals surface area contributed by atoms with Gasteiger partial charge in [-0.2, -0.15) is 0 Å². The van der Waals surface area contributed by atoms with Crippen molar-refractivity contribution >= 4 is 28.3 Å². The largest absolute Gasteiger partial charge is 0.376 e. The van der Waals surface area contributed by atoms with E-state index in [4.69, 9.17) is 16.2 Å². The Morgan fingerprint density at radius 1 is 1.38 bits per heavy atom. The minimum absolute atomic E-state index is 0.363. The summed E-state index contributed by atoms with van der Waals surface area (Å²) < 4.78 is 5.26. The molecule has 0 bridgehead atoms. The highest BCUT2D eigenvalue weighted by Crippen LogP contribution is 2.35. The second-order valence-electron chi connectivity index (χ2n) is 3.36. The number of thiophene rings is 1. The molecule has 86 valence electrons. The minimum Gasteiger partial charge on any atom is -0.376 e. The van der Waals surface area contributed by atoms with Crippen LogP contribution in [0.4, 0.5) is 9.80 Å². The monoisotopic (exact) mass is 241 g/mol. The van der Waals surface area contributed by atoms with Gasteiger partial charge in [0.05, 0.1) is 18.8 Å². The van der Waals surface area contributed by atoms with Crippen molar-refractivity contribution in [1.29, 1.82) is 0 Å². The molecule has 0 aromatic carbocycles. The standard InChI is InChI=1S/C9H11N3O3S/c10-7(13)6-4-1-2-15-3-5(4)16-8(6)12-9(11)14/h1-3H2,(H2,10,13)(H3,11,12,14). The zero-order valence-corrected chi connectivity index (χ0v) is 9.23. The Morgan fingerprint density at radius 3 is 2.75 bits per heavy atom. The predicted octanol–water partition coefficient (Wildman–Crippen LogP) is 0.410. The molecule has 1 aromatic heterocycles. The molecule has 5 N–H and O–H groups in total. The van der Waals surface area contributed by atoms with Crippen LogP contribution in [0.2, 0.25) is 0 Å². The van der Waals surface area contributed by atoms with Gasteiger partial charge in [0.1, 0.15) is 5.00 Å². The smallest absolute Gasteiger partial charge is 0.317 e. The molecule has 0 radical (unpaired) electrons. The molecule has 0 aliphatic carbocycles. The van der Waals surface area contributed by atoms with Crippen molar-refractivity contribution in [2.45, 2.75) is 13.0 Å². The molecular weight excluding hydrogens is 230 g/mol. The number of primary amides is 2. The van der Waals surface area contributed by atoms with Crippen LogP contribution in [0.25, 0.3) is 0 Å². The van der Waals surface area contributed by atoms with Crippen LogP contribution in [-0.2, 0) is 17.8 Å². The van der Waals surface area contributed by atoms with Crippen LogP contribution >= 0.6 is 11.3 Å². The number of carbonyl (C=O) groups excluding carboxylic acids is 2. The number of amides is 3. The minimum atomic E-state index is -0.706. The number of nitrogens with two attached hydrogens (primary N) is 2. The number of nitrogens with one attached hydrogen (secondary N) is 1. The molecule has 0 saturated carbocycles. The molecule has 7 heteroatoms. The lowest BCUT2D eigenvalue weighted by Crippen LogP contribution is -2.22. The van der Waals surface area contributed by atoms with Gasteiger partial charge in [0.2, 0.25) is 0 Å². The van der Waals surface area contributed by atoms with Crippen molar-refractivity contribution in [2.75, 3.05) is 11.9 Å². The summed E-state index contributed by atoms with van der Waals surface area (Å²) in [5, 5.41) is 2.83. The van der Waals surface area contributed by atoms with Gasteiger partial charge < -0.3 is 16.2 Å². The maximum Gasteiger partial charge on any atom is 0.317 e. The van der Waals surface area contributed by atoms with Crippen molar-refractivity contribution in [3.05, 3.63) is 16.0 Å². The molecule has 0 fully saturated rings. The van der Waals surface area contributed by atoms with E-state index < -0.39 is 11.9 Å². The van der Waals surface area contributed by atoms with Crippen LogP contribution in [-0.4, -0.2) is 18.5 Å². The van der Waals surface area contributed by atoms with Gasteiger partial charge in [-0.25, -0.2) is 4.79 Å². The summed E-state index contributed by atoms with van der Waals surface area (Å²) in [7, 11) is 0. The first kappa shape index (κ1) is 10.9. The van der Waals surface area contributed by atoms with E-state index in [-0.39, 0.29) is 0 Å². The number of carbonyl (C=O) groups is 2. The molecule has 0 spiro atoms. The number of hydrogen-bond acceptors (Lipinski definition) is 4. The topological polar surface area (TPSA) is 107 Å². The average molecular weight is 241 g/mol. The predicted molar refractivity (Wildman–Crippen MR) is 59.4 cm³/mol. The highest BCUT2D eigenvalue weighted by Gasteiger charge is 2.24. The van der Waals surface area contributed by atoms with E-state index in [1.165, 1.54) is 11.3 Å². The van der Waals surface area contributed by atoms with Gasteiger partial charge in [-0.1, -0.05) is 0 Å². The van der Waals surface area contributed by atoms with Crippen molar-refractivity contribution in [3.8, 4) is 0 Å². The molecule has 2 heterocycles. The fourth-order valence-electron chi connectivity index (χ4n) is 1.69. The van der Waals surface area contributed by atoms with Crippen molar-refractivity contribution in [3.63, 3.8) is 0 Å². The van der Waals surface area contributed by atoms with E-state index in [1.807, 2.05) is 0 Å². The van der Waals surface area contributed by atoms with Gasteiger partial charge in [0.25, 0.3) is 5.91 Å². The SMILES string of the molecule is NC(=O)Nc1sc2c(c1C(N)=O)CCOC2. The normalized spacial score (nSPS) is 14.2. The Labute approximate surface area is 95.6 Å². The molecule has 16 heavy (non-hydrogen) atoms. The zero-order chi connectivity index (χ0) is 11.7. The molecule has 0 saturated heterocycles. The zero-order valence-electron chi connectivity index (χ0n) is 8.41. The first-order valence-corrected chi connectivity index (χ1v) is 5.49. The summed E-state index contributed by atoms with van der Waals surface area (Å²) in [4.78, 5) is 23.0. The van der Waals surface area contributed by atoms with Crippen LogP contribution in [0.1, 0.15) is 20.8 Å². The first-order chi connectivity index (χ1) is 7.59. The lowest BCUT2D eigenvalue weighted by Gasteiger charge is -2.12. The maximum atomic E-state index is 11.3. The lowest BCUT2D eigenvalue weighted by atomic mass is 10.1. The van der Waals surface area contributed by atoms with Crippen LogP contribution in [0.15, 0.2) is 0 Å². The van der Waals surface area contributed by atoms with E-state index in [0.29, 0.717) is 30.2 Å². The Bertz CT molecular complexity index is 455. The summed E-state index contributed by atoms with van der Waals surface area (Å²) in [6, 6.07) is -0.706. The molecule has 6 nitrogen and oxygen atoms in total. The Morgan fingerprint density at radius 2 is 2.12 bits per heavy atom. The first-order valence-electron chi connectivity index (χ1n) is 4.68. The van der Waals surface area contributed by atoms with Gasteiger partial charge in [0, 0.05) is 4.88 Å². The van der Waals surface area contributed by atoms with Gasteiger partial charge in [-0.05, 0) is 12.0 Å². The number of urea groups is 1. The van der Waals surface area contributed by atoms with Crippen LogP contribution < -0.4 is 16.8 Å².